The van der Waals surface area contributed by atoms with Gasteiger partial charge in [0.25, 0.3) is 5.91 Å². The second kappa shape index (κ2) is 7.13. The number of anilines is 1. The molecule has 1 N–H and O–H groups in total. The van der Waals surface area contributed by atoms with Crippen molar-refractivity contribution in [1.82, 2.24) is 4.98 Å². The van der Waals surface area contributed by atoms with E-state index in [1.165, 1.54) is 0 Å². The summed E-state index contributed by atoms with van der Waals surface area (Å²) in [6.07, 6.45) is 1.62. The van der Waals surface area contributed by atoms with Crippen LogP contribution in [0, 0.1) is 13.8 Å². The molecule has 0 spiro atoms. The van der Waals surface area contributed by atoms with Crippen molar-refractivity contribution in [3.63, 3.8) is 0 Å². The molecule has 3 aromatic rings. The standard InChI is InChI=1S/C20H18N2O3/c1-13-8-9-16(11-14(13)2)22-18(23)12-25-20(24)17-7-3-5-15-6-4-10-21-19(15)17/h3-11H,12H2,1-2H3,(H,22,23). The minimum atomic E-state index is -0.570. The predicted molar refractivity (Wildman–Crippen MR) is 96.6 cm³/mol. The number of aryl methyl sites for hydroxylation is 2. The van der Waals surface area contributed by atoms with Gasteiger partial charge in [0.15, 0.2) is 6.61 Å². The number of esters is 1. The van der Waals surface area contributed by atoms with Gasteiger partial charge < -0.3 is 10.1 Å². The molecule has 1 aromatic heterocycles. The molecule has 25 heavy (non-hydrogen) atoms. The summed E-state index contributed by atoms with van der Waals surface area (Å²) >= 11 is 0. The molecule has 0 saturated heterocycles. The highest BCUT2D eigenvalue weighted by Crippen LogP contribution is 2.17. The van der Waals surface area contributed by atoms with Crippen LogP contribution < -0.4 is 5.32 Å². The number of nitrogens with zero attached hydrogens (tertiary/aromatic N) is 1. The normalized spacial score (nSPS) is 10.5. The first-order valence-electron chi connectivity index (χ1n) is 7.92. The van der Waals surface area contributed by atoms with E-state index < -0.39 is 5.97 Å². The number of carbonyl (C=O) groups is 2. The Morgan fingerprint density at radius 2 is 1.84 bits per heavy atom. The Morgan fingerprint density at radius 1 is 1.04 bits per heavy atom. The smallest absolute Gasteiger partial charge is 0.340 e. The van der Waals surface area contributed by atoms with E-state index in [0.717, 1.165) is 16.5 Å². The Bertz CT molecular complexity index is 945. The Kier molecular flexibility index (Phi) is 4.75. The fourth-order valence-corrected chi connectivity index (χ4v) is 2.49. The number of fused-ring (bicyclic) bond motifs is 1. The van der Waals surface area contributed by atoms with E-state index in [-0.39, 0.29) is 12.5 Å². The third-order valence-corrected chi connectivity index (χ3v) is 3.98. The molecule has 0 aliphatic carbocycles. The number of para-hydroxylation sites is 1. The van der Waals surface area contributed by atoms with Crippen LogP contribution in [0.4, 0.5) is 5.69 Å². The molecule has 1 amide bonds. The maximum Gasteiger partial charge on any atom is 0.340 e. The minimum Gasteiger partial charge on any atom is -0.452 e. The topological polar surface area (TPSA) is 68.3 Å². The number of hydrogen-bond donors (Lipinski definition) is 1. The lowest BCUT2D eigenvalue weighted by Crippen LogP contribution is -2.21. The Labute approximate surface area is 145 Å². The van der Waals surface area contributed by atoms with Gasteiger partial charge in [0.2, 0.25) is 0 Å². The molecular formula is C20H18N2O3. The summed E-state index contributed by atoms with van der Waals surface area (Å²) in [5.41, 5.74) is 3.81. The van der Waals surface area contributed by atoms with Crippen LogP contribution in [0.15, 0.2) is 54.7 Å². The molecule has 3 rings (SSSR count). The molecule has 0 aliphatic rings. The van der Waals surface area contributed by atoms with Crippen LogP contribution >= 0.6 is 0 Å². The number of rotatable bonds is 4. The number of pyridine rings is 1. The van der Waals surface area contributed by atoms with Crippen molar-refractivity contribution >= 4 is 28.5 Å². The van der Waals surface area contributed by atoms with Crippen molar-refractivity contribution in [1.29, 1.82) is 0 Å². The summed E-state index contributed by atoms with van der Waals surface area (Å²) in [5.74, 6) is -0.954. The third kappa shape index (κ3) is 3.83. The summed E-state index contributed by atoms with van der Waals surface area (Å²) < 4.78 is 5.13. The molecule has 5 heteroatoms. The molecule has 0 bridgehead atoms. The monoisotopic (exact) mass is 334 g/mol. The van der Waals surface area contributed by atoms with Gasteiger partial charge in [0, 0.05) is 17.3 Å². The van der Waals surface area contributed by atoms with Crippen molar-refractivity contribution in [2.75, 3.05) is 11.9 Å². The summed E-state index contributed by atoms with van der Waals surface area (Å²) in [4.78, 5) is 28.5. The highest BCUT2D eigenvalue weighted by molar-refractivity contribution is 6.03. The first kappa shape index (κ1) is 16.6. The molecule has 126 valence electrons. The highest BCUT2D eigenvalue weighted by Gasteiger charge is 2.14. The van der Waals surface area contributed by atoms with Crippen LogP contribution in [0.25, 0.3) is 10.9 Å². The van der Waals surface area contributed by atoms with E-state index in [2.05, 4.69) is 10.3 Å². The zero-order valence-corrected chi connectivity index (χ0v) is 14.1. The van der Waals surface area contributed by atoms with Crippen molar-refractivity contribution in [3.05, 3.63) is 71.4 Å². The van der Waals surface area contributed by atoms with E-state index in [0.29, 0.717) is 16.8 Å². The first-order valence-corrected chi connectivity index (χ1v) is 7.92. The average Bonchev–Trinajstić information content (AvgIpc) is 2.62. The van der Waals surface area contributed by atoms with Crippen LogP contribution in [-0.4, -0.2) is 23.5 Å². The molecule has 0 fully saturated rings. The predicted octanol–water partition coefficient (Wildman–Crippen LogP) is 3.65. The van der Waals surface area contributed by atoms with Gasteiger partial charge in [-0.2, -0.15) is 0 Å². The number of carbonyl (C=O) groups excluding carboxylic acids is 2. The van der Waals surface area contributed by atoms with Crippen LogP contribution in [0.2, 0.25) is 0 Å². The van der Waals surface area contributed by atoms with Gasteiger partial charge in [-0.3, -0.25) is 9.78 Å². The Hall–Kier alpha value is -3.21. The SMILES string of the molecule is Cc1ccc(NC(=O)COC(=O)c2cccc3cccnc23)cc1C. The van der Waals surface area contributed by atoms with E-state index >= 15 is 0 Å². The molecule has 5 nitrogen and oxygen atoms in total. The van der Waals surface area contributed by atoms with Gasteiger partial charge in [0.05, 0.1) is 11.1 Å². The molecule has 2 aromatic carbocycles. The van der Waals surface area contributed by atoms with Gasteiger partial charge in [0.1, 0.15) is 0 Å². The summed E-state index contributed by atoms with van der Waals surface area (Å²) in [6.45, 7) is 3.62. The second-order valence-electron chi connectivity index (χ2n) is 5.80. The molecule has 1 heterocycles. The second-order valence-corrected chi connectivity index (χ2v) is 5.80. The third-order valence-electron chi connectivity index (χ3n) is 3.98. The van der Waals surface area contributed by atoms with Gasteiger partial charge >= 0.3 is 5.97 Å². The van der Waals surface area contributed by atoms with Crippen molar-refractivity contribution in [2.45, 2.75) is 13.8 Å². The number of ether oxygens (including phenoxy) is 1. The molecule has 0 saturated carbocycles. The Morgan fingerprint density at radius 3 is 2.64 bits per heavy atom. The quantitative estimate of drug-likeness (QED) is 0.740. The molecule has 0 unspecified atom stereocenters. The average molecular weight is 334 g/mol. The number of hydrogen-bond acceptors (Lipinski definition) is 4. The van der Waals surface area contributed by atoms with Crippen molar-refractivity contribution in [2.24, 2.45) is 0 Å². The fourth-order valence-electron chi connectivity index (χ4n) is 2.49. The number of benzene rings is 2. The van der Waals surface area contributed by atoms with E-state index in [1.54, 1.807) is 24.4 Å². The number of amides is 1. The van der Waals surface area contributed by atoms with E-state index in [1.807, 2.05) is 44.2 Å². The maximum atomic E-state index is 12.3. The molecule has 0 aliphatic heterocycles. The molecule has 0 radical (unpaired) electrons. The van der Waals surface area contributed by atoms with Gasteiger partial charge in [-0.05, 0) is 49.2 Å². The largest absolute Gasteiger partial charge is 0.452 e. The first-order chi connectivity index (χ1) is 12.0. The maximum absolute atomic E-state index is 12.3. The lowest BCUT2D eigenvalue weighted by molar-refractivity contribution is -0.119. The summed E-state index contributed by atoms with van der Waals surface area (Å²) in [7, 11) is 0. The number of aromatic nitrogens is 1. The van der Waals surface area contributed by atoms with Crippen LogP contribution in [-0.2, 0) is 9.53 Å². The Balaban J connectivity index is 1.65. The van der Waals surface area contributed by atoms with Crippen molar-refractivity contribution in [3.8, 4) is 0 Å². The highest BCUT2D eigenvalue weighted by atomic mass is 16.5. The molecule has 0 atom stereocenters. The minimum absolute atomic E-state index is 0.345. The zero-order chi connectivity index (χ0) is 17.8. The van der Waals surface area contributed by atoms with E-state index in [9.17, 15) is 9.59 Å². The van der Waals surface area contributed by atoms with Gasteiger partial charge in [-0.25, -0.2) is 4.79 Å². The van der Waals surface area contributed by atoms with Gasteiger partial charge in [-0.15, -0.1) is 0 Å². The number of nitrogens with one attached hydrogen (secondary N) is 1. The fraction of sp³-hybridized carbons (Fsp3) is 0.150. The summed E-state index contributed by atoms with van der Waals surface area (Å²) in [6, 6.07) is 14.6. The van der Waals surface area contributed by atoms with E-state index in [4.69, 9.17) is 4.74 Å². The molecular weight excluding hydrogens is 316 g/mol. The lowest BCUT2D eigenvalue weighted by atomic mass is 10.1. The van der Waals surface area contributed by atoms with Crippen LogP contribution in [0.3, 0.4) is 0 Å². The summed E-state index contributed by atoms with van der Waals surface area (Å²) in [5, 5.41) is 3.57. The van der Waals surface area contributed by atoms with Crippen molar-refractivity contribution < 1.29 is 14.3 Å². The van der Waals surface area contributed by atoms with Gasteiger partial charge in [-0.1, -0.05) is 24.3 Å². The van der Waals surface area contributed by atoms with Crippen LogP contribution in [0.5, 0.6) is 0 Å². The zero-order valence-electron chi connectivity index (χ0n) is 14.1. The lowest BCUT2D eigenvalue weighted by Gasteiger charge is -2.09. The van der Waals surface area contributed by atoms with Crippen LogP contribution in [0.1, 0.15) is 21.5 Å².